The molecule has 1 saturated heterocycles. The van der Waals surface area contributed by atoms with Crippen LogP contribution in [0.5, 0.6) is 0 Å². The monoisotopic (exact) mass is 469 g/mol. The van der Waals surface area contributed by atoms with Gasteiger partial charge in [0.2, 0.25) is 0 Å². The summed E-state index contributed by atoms with van der Waals surface area (Å²) in [6, 6.07) is 15.1. The van der Waals surface area contributed by atoms with Crippen LogP contribution in [-0.2, 0) is 23.9 Å². The molecule has 1 heterocycles. The molecule has 2 aromatic carbocycles. The Hall–Kier alpha value is -3.95. The van der Waals surface area contributed by atoms with Crippen LogP contribution >= 0.6 is 0 Å². The van der Waals surface area contributed by atoms with E-state index in [4.69, 9.17) is 9.47 Å². The van der Waals surface area contributed by atoms with Crippen molar-refractivity contribution in [1.29, 1.82) is 0 Å². The topological polar surface area (TPSA) is 119 Å². The van der Waals surface area contributed by atoms with E-state index in [0.717, 1.165) is 0 Å². The molecule has 0 aromatic heterocycles. The van der Waals surface area contributed by atoms with E-state index in [1.165, 1.54) is 11.0 Å². The molecule has 0 saturated carbocycles. The van der Waals surface area contributed by atoms with E-state index in [9.17, 15) is 24.5 Å². The van der Waals surface area contributed by atoms with E-state index >= 15 is 0 Å². The first-order chi connectivity index (χ1) is 16.4. The Bertz CT molecular complexity index is 1020. The second-order valence-corrected chi connectivity index (χ2v) is 7.74. The molecule has 0 bridgehead atoms. The molecule has 0 radical (unpaired) electrons. The summed E-state index contributed by atoms with van der Waals surface area (Å²) < 4.78 is 10.2. The van der Waals surface area contributed by atoms with E-state index in [1.807, 2.05) is 4.90 Å². The molecular formula is C24H27N3O7. The Kier molecular flexibility index (Phi) is 8.55. The molecule has 0 N–H and O–H groups in total. The van der Waals surface area contributed by atoms with E-state index in [-0.39, 0.29) is 18.8 Å². The lowest BCUT2D eigenvalue weighted by Gasteiger charge is -2.32. The van der Waals surface area contributed by atoms with Crippen molar-refractivity contribution in [3.63, 3.8) is 0 Å². The number of carbonyl (C=O) groups is 3. The van der Waals surface area contributed by atoms with Crippen molar-refractivity contribution < 1.29 is 28.8 Å². The lowest BCUT2D eigenvalue weighted by Crippen LogP contribution is -2.41. The number of rotatable bonds is 9. The number of amides is 1. The smallest absolute Gasteiger partial charge is 0.326 e. The van der Waals surface area contributed by atoms with Gasteiger partial charge in [-0.05, 0) is 38.0 Å². The van der Waals surface area contributed by atoms with Gasteiger partial charge in [0.05, 0.1) is 17.4 Å². The lowest BCUT2D eigenvalue weighted by atomic mass is 9.96. The highest BCUT2D eigenvalue weighted by Gasteiger charge is 2.30. The van der Waals surface area contributed by atoms with Crippen molar-refractivity contribution in [3.8, 4) is 0 Å². The number of esters is 2. The summed E-state index contributed by atoms with van der Waals surface area (Å²) in [6.07, 6.45) is 0.897. The number of anilines is 2. The van der Waals surface area contributed by atoms with Gasteiger partial charge in [0, 0.05) is 24.8 Å². The Morgan fingerprint density at radius 2 is 1.68 bits per heavy atom. The van der Waals surface area contributed by atoms with Crippen LogP contribution in [0.25, 0.3) is 0 Å². The molecule has 0 spiro atoms. The number of nitrogens with zero attached hydrogens (tertiary/aromatic N) is 3. The molecule has 10 nitrogen and oxygen atoms in total. The first-order valence-corrected chi connectivity index (χ1v) is 11.1. The quantitative estimate of drug-likeness (QED) is 0.312. The fourth-order valence-electron chi connectivity index (χ4n) is 3.84. The minimum atomic E-state index is -0.562. The van der Waals surface area contributed by atoms with Crippen molar-refractivity contribution in [2.24, 2.45) is 5.92 Å². The predicted molar refractivity (Wildman–Crippen MR) is 124 cm³/mol. The fourth-order valence-corrected chi connectivity index (χ4v) is 3.84. The standard InChI is InChI=1S/C24H27N3O7/c1-2-33-23(29)16-26(19-8-4-3-5-9-19)22(28)17-34-24(30)18-12-14-25(15-13-18)20-10-6-7-11-21(20)27(31)32/h3-11,18H,2,12-17H2,1H3. The SMILES string of the molecule is CCOC(=O)CN(C(=O)COC(=O)C1CCN(c2ccccc2[N+](=O)[O-])CC1)c1ccccc1. The average Bonchev–Trinajstić information content (AvgIpc) is 2.86. The number of benzene rings is 2. The highest BCUT2D eigenvalue weighted by Crippen LogP contribution is 2.31. The molecule has 1 amide bonds. The Morgan fingerprint density at radius 1 is 1.03 bits per heavy atom. The summed E-state index contributed by atoms with van der Waals surface area (Å²) in [5.41, 5.74) is 1.04. The van der Waals surface area contributed by atoms with Crippen LogP contribution < -0.4 is 9.80 Å². The molecule has 0 atom stereocenters. The molecule has 1 aliphatic heterocycles. The number of nitro benzene ring substituents is 1. The zero-order valence-corrected chi connectivity index (χ0v) is 18.9. The number of nitro groups is 1. The lowest BCUT2D eigenvalue weighted by molar-refractivity contribution is -0.384. The van der Waals surface area contributed by atoms with Crippen LogP contribution in [0.3, 0.4) is 0 Å². The van der Waals surface area contributed by atoms with Crippen LogP contribution in [0.1, 0.15) is 19.8 Å². The summed E-state index contributed by atoms with van der Waals surface area (Å²) in [5, 5.41) is 11.3. The molecule has 0 unspecified atom stereocenters. The third kappa shape index (κ3) is 6.31. The summed E-state index contributed by atoms with van der Waals surface area (Å²) >= 11 is 0. The van der Waals surface area contributed by atoms with Crippen molar-refractivity contribution >= 4 is 34.9 Å². The number of carbonyl (C=O) groups excluding carboxylic acids is 3. The van der Waals surface area contributed by atoms with Crippen LogP contribution in [0.2, 0.25) is 0 Å². The fraction of sp³-hybridized carbons (Fsp3) is 0.375. The molecule has 10 heteroatoms. The van der Waals surface area contributed by atoms with Gasteiger partial charge in [-0.25, -0.2) is 0 Å². The molecular weight excluding hydrogens is 442 g/mol. The molecule has 1 fully saturated rings. The highest BCUT2D eigenvalue weighted by molar-refractivity contribution is 5.99. The van der Waals surface area contributed by atoms with Crippen LogP contribution in [0.4, 0.5) is 17.1 Å². The van der Waals surface area contributed by atoms with Gasteiger partial charge >= 0.3 is 11.9 Å². The summed E-state index contributed by atoms with van der Waals surface area (Å²) in [7, 11) is 0. The molecule has 34 heavy (non-hydrogen) atoms. The van der Waals surface area contributed by atoms with Crippen molar-refractivity contribution in [1.82, 2.24) is 0 Å². The van der Waals surface area contributed by atoms with Gasteiger partial charge in [-0.1, -0.05) is 30.3 Å². The van der Waals surface area contributed by atoms with Gasteiger partial charge < -0.3 is 14.4 Å². The van der Waals surface area contributed by atoms with Gasteiger partial charge in [0.25, 0.3) is 11.6 Å². The summed E-state index contributed by atoms with van der Waals surface area (Å²) in [4.78, 5) is 51.3. The maximum atomic E-state index is 12.8. The number of ether oxygens (including phenoxy) is 2. The largest absolute Gasteiger partial charge is 0.465 e. The molecule has 2 aromatic rings. The van der Waals surface area contributed by atoms with Gasteiger partial charge in [-0.2, -0.15) is 0 Å². The minimum Gasteiger partial charge on any atom is -0.465 e. The number of hydrogen-bond acceptors (Lipinski definition) is 8. The Labute approximate surface area is 197 Å². The Morgan fingerprint density at radius 3 is 2.32 bits per heavy atom. The number of hydrogen-bond donors (Lipinski definition) is 0. The molecule has 1 aliphatic rings. The van der Waals surface area contributed by atoms with E-state index in [1.54, 1.807) is 55.5 Å². The summed E-state index contributed by atoms with van der Waals surface area (Å²) in [5.74, 6) is -2.01. The van der Waals surface area contributed by atoms with Gasteiger partial charge in [0.1, 0.15) is 12.2 Å². The maximum Gasteiger partial charge on any atom is 0.326 e. The summed E-state index contributed by atoms with van der Waals surface area (Å²) in [6.45, 7) is 1.99. The second-order valence-electron chi connectivity index (χ2n) is 7.74. The molecule has 0 aliphatic carbocycles. The normalized spacial score (nSPS) is 13.7. The Balaban J connectivity index is 1.56. The van der Waals surface area contributed by atoms with Gasteiger partial charge in [-0.3, -0.25) is 29.4 Å². The zero-order chi connectivity index (χ0) is 24.5. The second kappa shape index (κ2) is 11.8. The van der Waals surface area contributed by atoms with Gasteiger partial charge in [-0.15, -0.1) is 0 Å². The van der Waals surface area contributed by atoms with Crippen molar-refractivity contribution in [2.75, 3.05) is 42.6 Å². The number of piperidine rings is 1. The average molecular weight is 469 g/mol. The van der Waals surface area contributed by atoms with Crippen LogP contribution in [-0.4, -0.2) is 55.6 Å². The number of para-hydroxylation sites is 3. The van der Waals surface area contributed by atoms with Gasteiger partial charge in [0.15, 0.2) is 6.61 Å². The third-order valence-corrected chi connectivity index (χ3v) is 5.55. The molecule has 180 valence electrons. The first-order valence-electron chi connectivity index (χ1n) is 11.1. The predicted octanol–water partition coefficient (Wildman–Crippen LogP) is 2.95. The first kappa shape index (κ1) is 24.7. The van der Waals surface area contributed by atoms with Crippen LogP contribution in [0, 0.1) is 16.0 Å². The van der Waals surface area contributed by atoms with Crippen molar-refractivity contribution in [3.05, 3.63) is 64.7 Å². The van der Waals surface area contributed by atoms with E-state index in [2.05, 4.69) is 0 Å². The highest BCUT2D eigenvalue weighted by atomic mass is 16.6. The third-order valence-electron chi connectivity index (χ3n) is 5.55. The molecule has 3 rings (SSSR count). The van der Waals surface area contributed by atoms with E-state index < -0.39 is 35.3 Å². The van der Waals surface area contributed by atoms with Crippen molar-refractivity contribution in [2.45, 2.75) is 19.8 Å². The minimum absolute atomic E-state index is 0.0247. The maximum absolute atomic E-state index is 12.8. The van der Waals surface area contributed by atoms with Crippen LogP contribution in [0.15, 0.2) is 54.6 Å². The zero-order valence-electron chi connectivity index (χ0n) is 18.9. The van der Waals surface area contributed by atoms with E-state index in [0.29, 0.717) is 37.3 Å².